The average molecular weight is 733 g/mol. The van der Waals surface area contributed by atoms with E-state index in [1.165, 1.54) is 49.8 Å². The number of carbonyl (C=O) groups excluding carboxylic acids is 2. The second-order valence-electron chi connectivity index (χ2n) is 16.7. The van der Waals surface area contributed by atoms with E-state index in [-0.39, 0.29) is 48.1 Å². The molecule has 5 saturated heterocycles. The SMILES string of the molecule is CCC=CC1CCC2(CC3CCC4C(C(=O)OCCCCCCCCCCCCCCC(O)C(=O)NCCCN)C5(CCCC(C)O5)NC(N2)[NH+]34)O1. The van der Waals surface area contributed by atoms with Gasteiger partial charge in [-0.25, -0.2) is 10.6 Å². The van der Waals surface area contributed by atoms with Crippen LogP contribution in [-0.2, 0) is 23.8 Å². The van der Waals surface area contributed by atoms with Crippen molar-refractivity contribution < 1.29 is 33.8 Å². The highest BCUT2D eigenvalue weighted by molar-refractivity contribution is 5.80. The lowest BCUT2D eigenvalue weighted by Gasteiger charge is -2.57. The van der Waals surface area contributed by atoms with Gasteiger partial charge < -0.3 is 35.3 Å². The molecule has 0 bridgehead atoms. The number of unbranched alkanes of at least 4 members (excludes halogenated alkanes) is 11. The first-order valence-electron chi connectivity index (χ1n) is 21.6. The van der Waals surface area contributed by atoms with Crippen LogP contribution in [0.1, 0.15) is 162 Å². The van der Waals surface area contributed by atoms with E-state index in [0.717, 1.165) is 96.3 Å². The predicted octanol–water partition coefficient (Wildman–Crippen LogP) is 4.47. The van der Waals surface area contributed by atoms with E-state index in [2.05, 4.69) is 41.9 Å². The maximum atomic E-state index is 14.0. The normalized spacial score (nSPS) is 34.6. The Bertz CT molecular complexity index is 1130. The fourth-order valence-electron chi connectivity index (χ4n) is 9.94. The van der Waals surface area contributed by atoms with Gasteiger partial charge in [0.1, 0.15) is 23.6 Å². The van der Waals surface area contributed by atoms with Crippen molar-refractivity contribution in [1.29, 1.82) is 0 Å². The quantitative estimate of drug-likeness (QED) is 0.0539. The van der Waals surface area contributed by atoms with Crippen molar-refractivity contribution in [2.75, 3.05) is 19.7 Å². The van der Waals surface area contributed by atoms with Gasteiger partial charge >= 0.3 is 5.97 Å². The number of quaternary nitrogens is 1. The van der Waals surface area contributed by atoms with Crippen molar-refractivity contribution in [3.8, 4) is 0 Å². The number of amides is 1. The molecule has 5 fully saturated rings. The van der Waals surface area contributed by atoms with Crippen LogP contribution in [0, 0.1) is 5.92 Å². The van der Waals surface area contributed by atoms with Crippen LogP contribution in [0.15, 0.2) is 12.2 Å². The summed E-state index contributed by atoms with van der Waals surface area (Å²) in [6.45, 7) is 5.88. The standard InChI is InChI=1S/C41H73N5O6/c1-3-4-20-33-24-26-40(52-33)30-32-22-23-34-36(41(25-17-19-31(2)51-41)45-39(44-40)46(32)34)38(49)50-29-16-14-12-10-8-6-5-7-9-11-13-15-21-35(47)37(48)43-28-18-27-42/h4,20,31-36,39,44-45,47H,3,5-19,21-30,42H2,1-2H3,(H,43,48)/p+1. The van der Waals surface area contributed by atoms with E-state index >= 15 is 0 Å². The summed E-state index contributed by atoms with van der Waals surface area (Å²) in [5.74, 6) is -0.635. The number of carbonyl (C=O) groups is 2. The van der Waals surface area contributed by atoms with Crippen molar-refractivity contribution in [3.63, 3.8) is 0 Å². The van der Waals surface area contributed by atoms with Crippen LogP contribution < -0.4 is 26.6 Å². The van der Waals surface area contributed by atoms with Crippen molar-refractivity contribution in [1.82, 2.24) is 16.0 Å². The highest BCUT2D eigenvalue weighted by Crippen LogP contribution is 2.43. The second-order valence-corrected chi connectivity index (χ2v) is 16.7. The number of aliphatic hydroxyl groups excluding tert-OH is 1. The first kappa shape index (κ1) is 41.6. The zero-order valence-electron chi connectivity index (χ0n) is 32.6. The molecule has 5 aliphatic rings. The summed E-state index contributed by atoms with van der Waals surface area (Å²) in [5, 5.41) is 20.6. The highest BCUT2D eigenvalue weighted by Gasteiger charge is 2.67. The molecule has 0 radical (unpaired) electrons. The third kappa shape index (κ3) is 11.2. The number of ether oxygens (including phenoxy) is 3. The summed E-state index contributed by atoms with van der Waals surface area (Å²) >= 11 is 0. The molecule has 2 spiro atoms. The van der Waals surface area contributed by atoms with Crippen molar-refractivity contribution in [3.05, 3.63) is 12.2 Å². The molecule has 5 heterocycles. The molecule has 0 aromatic rings. The fourth-order valence-corrected chi connectivity index (χ4v) is 9.94. The average Bonchev–Trinajstić information content (AvgIpc) is 3.72. The van der Waals surface area contributed by atoms with Gasteiger partial charge in [0, 0.05) is 25.8 Å². The van der Waals surface area contributed by atoms with Crippen molar-refractivity contribution in [2.45, 2.75) is 210 Å². The van der Waals surface area contributed by atoms with Crippen LogP contribution in [0.2, 0.25) is 0 Å². The number of allylic oxidation sites excluding steroid dienone is 1. The molecule has 0 aromatic carbocycles. The van der Waals surface area contributed by atoms with Crippen molar-refractivity contribution in [2.24, 2.45) is 11.7 Å². The molecule has 7 N–H and O–H groups in total. The van der Waals surface area contributed by atoms with Crippen LogP contribution in [0.25, 0.3) is 0 Å². The topological polar surface area (TPSA) is 149 Å². The van der Waals surface area contributed by atoms with E-state index in [4.69, 9.17) is 19.9 Å². The molecule has 0 saturated carbocycles. The Morgan fingerprint density at radius 1 is 0.942 bits per heavy atom. The molecular weight excluding hydrogens is 658 g/mol. The first-order chi connectivity index (χ1) is 25.3. The maximum absolute atomic E-state index is 14.0. The van der Waals surface area contributed by atoms with Gasteiger partial charge in [-0.15, -0.1) is 0 Å². The third-order valence-electron chi connectivity index (χ3n) is 12.6. The van der Waals surface area contributed by atoms with Gasteiger partial charge in [-0.1, -0.05) is 89.7 Å². The summed E-state index contributed by atoms with van der Waals surface area (Å²) in [4.78, 5) is 27.3. The molecule has 5 rings (SSSR count). The largest absolute Gasteiger partial charge is 0.465 e. The van der Waals surface area contributed by atoms with Gasteiger partial charge in [0.15, 0.2) is 5.92 Å². The minimum atomic E-state index is -0.898. The summed E-state index contributed by atoms with van der Waals surface area (Å²) in [6.07, 6.45) is 28.0. The molecule has 10 atom stereocenters. The number of hydrogen-bond acceptors (Lipinski definition) is 9. The van der Waals surface area contributed by atoms with Gasteiger partial charge in [-0.05, 0) is 71.3 Å². The number of rotatable bonds is 22. The molecule has 298 valence electrons. The Kier molecular flexibility index (Phi) is 16.7. The molecule has 11 heteroatoms. The maximum Gasteiger partial charge on any atom is 0.319 e. The molecule has 11 nitrogen and oxygen atoms in total. The Hall–Kier alpha value is -1.60. The van der Waals surface area contributed by atoms with E-state index in [0.29, 0.717) is 32.2 Å². The third-order valence-corrected chi connectivity index (χ3v) is 12.6. The smallest absolute Gasteiger partial charge is 0.319 e. The predicted molar refractivity (Wildman–Crippen MR) is 203 cm³/mol. The van der Waals surface area contributed by atoms with Gasteiger partial charge in [-0.2, -0.15) is 0 Å². The summed E-state index contributed by atoms with van der Waals surface area (Å²) in [5.41, 5.74) is 4.43. The molecule has 1 amide bonds. The van der Waals surface area contributed by atoms with Crippen LogP contribution in [0.3, 0.4) is 0 Å². The Morgan fingerprint density at radius 3 is 2.35 bits per heavy atom. The van der Waals surface area contributed by atoms with Gasteiger partial charge in [0.05, 0.1) is 24.9 Å². The zero-order chi connectivity index (χ0) is 36.8. The minimum Gasteiger partial charge on any atom is -0.465 e. The van der Waals surface area contributed by atoms with Crippen LogP contribution in [0.5, 0.6) is 0 Å². The Labute approximate surface area is 314 Å². The minimum absolute atomic E-state index is 0.00673. The number of nitrogens with two attached hydrogens (primary N) is 1. The van der Waals surface area contributed by atoms with E-state index in [9.17, 15) is 14.7 Å². The zero-order valence-corrected chi connectivity index (χ0v) is 32.6. The van der Waals surface area contributed by atoms with Crippen molar-refractivity contribution >= 4 is 11.9 Å². The van der Waals surface area contributed by atoms with Gasteiger partial charge in [0.25, 0.3) is 0 Å². The number of nitrogens with one attached hydrogen (secondary N) is 4. The molecule has 5 aliphatic heterocycles. The Morgan fingerprint density at radius 2 is 1.65 bits per heavy atom. The van der Waals surface area contributed by atoms with E-state index in [1.54, 1.807) is 0 Å². The van der Waals surface area contributed by atoms with Crippen LogP contribution >= 0.6 is 0 Å². The summed E-state index contributed by atoms with van der Waals surface area (Å²) in [7, 11) is 0. The number of aliphatic hydroxyl groups is 1. The first-order valence-corrected chi connectivity index (χ1v) is 21.6. The Balaban J connectivity index is 0.959. The molecule has 0 aliphatic carbocycles. The monoisotopic (exact) mass is 733 g/mol. The number of hydrogen-bond donors (Lipinski definition) is 6. The lowest BCUT2D eigenvalue weighted by molar-refractivity contribution is -0.985. The molecule has 0 aromatic heterocycles. The summed E-state index contributed by atoms with van der Waals surface area (Å²) < 4.78 is 19.6. The van der Waals surface area contributed by atoms with E-state index < -0.39 is 11.8 Å². The molecule has 52 heavy (non-hydrogen) atoms. The van der Waals surface area contributed by atoms with Gasteiger partial charge in [0.2, 0.25) is 12.2 Å². The van der Waals surface area contributed by atoms with Crippen LogP contribution in [0.4, 0.5) is 0 Å². The van der Waals surface area contributed by atoms with Gasteiger partial charge in [-0.3, -0.25) is 9.59 Å². The lowest BCUT2D eigenvalue weighted by Crippen LogP contribution is -3.28. The number of esters is 1. The molecular formula is C41H74N5O6+. The van der Waals surface area contributed by atoms with E-state index in [1.807, 2.05) is 0 Å². The highest BCUT2D eigenvalue weighted by atomic mass is 16.6. The molecule has 10 unspecified atom stereocenters. The van der Waals surface area contributed by atoms with Crippen LogP contribution in [-0.4, -0.2) is 84.8 Å². The summed E-state index contributed by atoms with van der Waals surface area (Å²) in [6, 6.07) is 0.651. The fraction of sp³-hybridized carbons (Fsp3) is 0.902. The second kappa shape index (κ2) is 20.9. The lowest BCUT2D eigenvalue weighted by atomic mass is 9.79.